The maximum Gasteiger partial charge on any atom is 0.239 e. The van der Waals surface area contributed by atoms with Gasteiger partial charge in [-0.25, -0.2) is 0 Å². The van der Waals surface area contributed by atoms with Gasteiger partial charge in [-0.1, -0.05) is 18.9 Å². The van der Waals surface area contributed by atoms with E-state index in [1.54, 1.807) is 6.08 Å². The van der Waals surface area contributed by atoms with Crippen LogP contribution in [-0.2, 0) is 4.79 Å². The Morgan fingerprint density at radius 2 is 2.56 bits per heavy atom. The zero-order valence-corrected chi connectivity index (χ0v) is 5.97. The lowest BCUT2D eigenvalue weighted by molar-refractivity contribution is -0.125. The lowest BCUT2D eigenvalue weighted by Crippen LogP contribution is -2.16. The van der Waals surface area contributed by atoms with Gasteiger partial charge in [-0.15, -0.1) is 6.58 Å². The average Bonchev–Trinajstić information content (AvgIpc) is 2.15. The molecule has 0 aromatic heterocycles. The smallest absolute Gasteiger partial charge is 0.239 e. The Morgan fingerprint density at radius 3 is 2.78 bits per heavy atom. The van der Waals surface area contributed by atoms with Crippen molar-refractivity contribution in [2.75, 3.05) is 6.54 Å². The molecule has 0 aromatic rings. The van der Waals surface area contributed by atoms with E-state index in [-0.39, 0.29) is 11.8 Å². The topological polar surface area (TPSA) is 20.3 Å². The van der Waals surface area contributed by atoms with Crippen LogP contribution in [-0.4, -0.2) is 16.8 Å². The lowest BCUT2D eigenvalue weighted by atomic mass is 10.1. The van der Waals surface area contributed by atoms with Gasteiger partial charge in [0.2, 0.25) is 5.91 Å². The molecular weight excluding hydrogens is 134 g/mol. The summed E-state index contributed by atoms with van der Waals surface area (Å²) in [6.45, 7) is 4.29. The fourth-order valence-corrected chi connectivity index (χ4v) is 1.17. The Bertz CT molecular complexity index is 146. The van der Waals surface area contributed by atoms with E-state index in [2.05, 4.69) is 19.4 Å². The summed E-state index contributed by atoms with van der Waals surface area (Å²) in [6, 6.07) is 0. The van der Waals surface area contributed by atoms with Crippen molar-refractivity contribution in [3.8, 4) is 0 Å². The number of hydrogen-bond acceptors (Lipinski definition) is 2. The van der Waals surface area contributed by atoms with Crippen LogP contribution in [0.5, 0.6) is 0 Å². The molecule has 3 heteroatoms. The molecule has 1 atom stereocenters. The predicted octanol–water partition coefficient (Wildman–Crippen LogP) is 0.866. The first-order chi connectivity index (χ1) is 4.25. The molecule has 0 N–H and O–H groups in total. The molecule has 0 bridgehead atoms. The van der Waals surface area contributed by atoms with Gasteiger partial charge in [-0.05, 0) is 6.42 Å². The van der Waals surface area contributed by atoms with Crippen molar-refractivity contribution in [3.63, 3.8) is 0 Å². The monoisotopic (exact) mass is 143 g/mol. The van der Waals surface area contributed by atoms with Crippen LogP contribution in [0.1, 0.15) is 6.42 Å². The summed E-state index contributed by atoms with van der Waals surface area (Å²) in [7, 11) is 0. The van der Waals surface area contributed by atoms with Gasteiger partial charge in [0.25, 0.3) is 0 Å². The molecule has 1 aliphatic rings. The van der Waals surface area contributed by atoms with Crippen LogP contribution in [0.3, 0.4) is 0 Å². The summed E-state index contributed by atoms with van der Waals surface area (Å²) in [5.41, 5.74) is 0. The van der Waals surface area contributed by atoms with Gasteiger partial charge in [0.15, 0.2) is 0 Å². The fraction of sp³-hybridized carbons (Fsp3) is 0.500. The van der Waals surface area contributed by atoms with Crippen LogP contribution < -0.4 is 0 Å². The van der Waals surface area contributed by atoms with Gasteiger partial charge in [0, 0.05) is 6.54 Å². The van der Waals surface area contributed by atoms with Crippen molar-refractivity contribution < 1.29 is 4.79 Å². The summed E-state index contributed by atoms with van der Waals surface area (Å²) in [6.07, 6.45) is 2.55. The van der Waals surface area contributed by atoms with Crippen molar-refractivity contribution in [3.05, 3.63) is 12.7 Å². The SMILES string of the molecule is C=CC1CCN(S)C1=O. The normalized spacial score (nSPS) is 27.0. The number of hydrogen-bond donors (Lipinski definition) is 1. The van der Waals surface area contributed by atoms with E-state index >= 15 is 0 Å². The average molecular weight is 143 g/mol. The summed E-state index contributed by atoms with van der Waals surface area (Å²) in [4.78, 5) is 10.9. The molecule has 0 saturated carbocycles. The molecule has 1 unspecified atom stereocenters. The fourth-order valence-electron chi connectivity index (χ4n) is 0.905. The third-order valence-corrected chi connectivity index (χ3v) is 1.91. The van der Waals surface area contributed by atoms with E-state index in [9.17, 15) is 4.79 Å². The minimum Gasteiger partial charge on any atom is -0.289 e. The number of rotatable bonds is 1. The third kappa shape index (κ3) is 1.10. The molecule has 50 valence electrons. The number of amides is 1. The summed E-state index contributed by atoms with van der Waals surface area (Å²) >= 11 is 3.94. The Labute approximate surface area is 60.1 Å². The molecule has 1 rings (SSSR count). The largest absolute Gasteiger partial charge is 0.289 e. The number of nitrogens with zero attached hydrogens (tertiary/aromatic N) is 1. The molecule has 1 fully saturated rings. The number of thiol groups is 1. The zero-order chi connectivity index (χ0) is 6.85. The van der Waals surface area contributed by atoms with Crippen molar-refractivity contribution in [1.82, 2.24) is 4.31 Å². The summed E-state index contributed by atoms with van der Waals surface area (Å²) < 4.78 is 1.44. The maximum atomic E-state index is 10.9. The highest BCUT2D eigenvalue weighted by atomic mass is 32.1. The molecule has 0 aliphatic carbocycles. The van der Waals surface area contributed by atoms with Crippen LogP contribution >= 0.6 is 12.8 Å². The van der Waals surface area contributed by atoms with Gasteiger partial charge in [0.1, 0.15) is 0 Å². The first-order valence-electron chi connectivity index (χ1n) is 2.88. The van der Waals surface area contributed by atoms with Gasteiger partial charge in [-0.2, -0.15) is 0 Å². The van der Waals surface area contributed by atoms with E-state index in [4.69, 9.17) is 0 Å². The Balaban J connectivity index is 2.61. The van der Waals surface area contributed by atoms with Crippen LogP contribution in [0.2, 0.25) is 0 Å². The molecule has 0 radical (unpaired) electrons. The minimum atomic E-state index is 0.0162. The Kier molecular flexibility index (Phi) is 1.81. The Morgan fingerprint density at radius 1 is 1.89 bits per heavy atom. The van der Waals surface area contributed by atoms with Gasteiger partial charge in [0.05, 0.1) is 5.92 Å². The van der Waals surface area contributed by atoms with Crippen LogP contribution in [0.4, 0.5) is 0 Å². The van der Waals surface area contributed by atoms with Crippen molar-refractivity contribution in [1.29, 1.82) is 0 Å². The highest BCUT2D eigenvalue weighted by Crippen LogP contribution is 2.19. The van der Waals surface area contributed by atoms with E-state index in [1.165, 1.54) is 4.31 Å². The van der Waals surface area contributed by atoms with E-state index in [0.717, 1.165) is 13.0 Å². The quantitative estimate of drug-likeness (QED) is 0.426. The molecule has 1 aliphatic heterocycles. The molecule has 9 heavy (non-hydrogen) atoms. The number of carbonyl (C=O) groups excluding carboxylic acids is 1. The van der Waals surface area contributed by atoms with Gasteiger partial charge >= 0.3 is 0 Å². The molecule has 0 spiro atoms. The van der Waals surface area contributed by atoms with E-state index < -0.39 is 0 Å². The molecule has 1 amide bonds. The predicted molar refractivity (Wildman–Crippen MR) is 39.0 cm³/mol. The Hall–Kier alpha value is -0.440. The molecule has 1 heterocycles. The first-order valence-corrected chi connectivity index (χ1v) is 3.28. The van der Waals surface area contributed by atoms with Crippen molar-refractivity contribution in [2.24, 2.45) is 5.92 Å². The first kappa shape index (κ1) is 6.68. The van der Waals surface area contributed by atoms with Crippen LogP contribution in [0.25, 0.3) is 0 Å². The molecule has 1 saturated heterocycles. The standard InChI is InChI=1S/C6H9NOS/c1-2-5-3-4-7(9)6(5)8/h2,5,9H,1,3-4H2. The third-order valence-electron chi connectivity index (χ3n) is 1.51. The number of carbonyl (C=O) groups is 1. The molecule has 2 nitrogen and oxygen atoms in total. The van der Waals surface area contributed by atoms with Crippen LogP contribution in [0.15, 0.2) is 12.7 Å². The summed E-state index contributed by atoms with van der Waals surface area (Å²) in [5, 5.41) is 0. The highest BCUT2D eigenvalue weighted by Gasteiger charge is 2.26. The molecule has 0 aromatic carbocycles. The van der Waals surface area contributed by atoms with Crippen molar-refractivity contribution in [2.45, 2.75) is 6.42 Å². The second kappa shape index (κ2) is 2.43. The van der Waals surface area contributed by atoms with Gasteiger partial charge < -0.3 is 0 Å². The minimum absolute atomic E-state index is 0.0162. The van der Waals surface area contributed by atoms with E-state index in [0.29, 0.717) is 0 Å². The second-order valence-electron chi connectivity index (χ2n) is 2.09. The van der Waals surface area contributed by atoms with Crippen LogP contribution in [0, 0.1) is 5.92 Å². The summed E-state index contributed by atoms with van der Waals surface area (Å²) in [5.74, 6) is 0.0934. The zero-order valence-electron chi connectivity index (χ0n) is 5.08. The molecular formula is C6H9NOS. The highest BCUT2D eigenvalue weighted by molar-refractivity contribution is 7.78. The van der Waals surface area contributed by atoms with Crippen molar-refractivity contribution >= 4 is 18.7 Å². The van der Waals surface area contributed by atoms with E-state index in [1.807, 2.05) is 0 Å². The lowest BCUT2D eigenvalue weighted by Gasteiger charge is -2.03. The second-order valence-corrected chi connectivity index (χ2v) is 2.58. The maximum absolute atomic E-state index is 10.9. The van der Waals surface area contributed by atoms with Gasteiger partial charge in [-0.3, -0.25) is 9.10 Å².